The van der Waals surface area contributed by atoms with Crippen molar-refractivity contribution in [2.75, 3.05) is 5.32 Å². The van der Waals surface area contributed by atoms with Crippen molar-refractivity contribution in [1.82, 2.24) is 25.2 Å². The van der Waals surface area contributed by atoms with Gasteiger partial charge in [0.2, 0.25) is 0 Å². The Morgan fingerprint density at radius 3 is 2.50 bits per heavy atom. The van der Waals surface area contributed by atoms with Gasteiger partial charge in [-0.05, 0) is 24.3 Å². The quantitative estimate of drug-likeness (QED) is 0.717. The van der Waals surface area contributed by atoms with E-state index in [4.69, 9.17) is 0 Å². The normalized spacial score (nSPS) is 11.5. The second kappa shape index (κ2) is 5.76. The second-order valence-corrected chi connectivity index (χ2v) is 4.61. The smallest absolute Gasteiger partial charge is 0.318 e. The molecular formula is C13H8F4N6O. The Hall–Kier alpha value is -3.24. The maximum Gasteiger partial charge on any atom is 0.435 e. The Bertz CT molecular complexity index is 854. The maximum atomic E-state index is 13.4. The molecule has 0 saturated carbocycles. The van der Waals surface area contributed by atoms with Gasteiger partial charge in [0, 0.05) is 6.20 Å². The van der Waals surface area contributed by atoms with Crippen molar-refractivity contribution in [3.8, 4) is 5.69 Å². The van der Waals surface area contributed by atoms with Crippen LogP contribution in [0.1, 0.15) is 16.2 Å². The van der Waals surface area contributed by atoms with Gasteiger partial charge in [-0.2, -0.15) is 18.3 Å². The number of halogens is 4. The van der Waals surface area contributed by atoms with Crippen LogP contribution in [-0.2, 0) is 6.18 Å². The molecular weight excluding hydrogens is 332 g/mol. The van der Waals surface area contributed by atoms with Gasteiger partial charge in [0.15, 0.2) is 11.4 Å². The van der Waals surface area contributed by atoms with Crippen LogP contribution in [0.25, 0.3) is 5.69 Å². The van der Waals surface area contributed by atoms with Crippen LogP contribution in [0.15, 0.2) is 36.7 Å². The molecule has 0 fully saturated rings. The first kappa shape index (κ1) is 15.6. The minimum Gasteiger partial charge on any atom is -0.318 e. The molecule has 11 heteroatoms. The number of H-pyrrole nitrogens is 1. The minimum absolute atomic E-state index is 0.0846. The number of nitrogens with one attached hydrogen (secondary N) is 2. The number of carbonyl (C=O) groups excluding carboxylic acids is 1. The molecule has 0 aliphatic heterocycles. The molecule has 2 heterocycles. The highest BCUT2D eigenvalue weighted by molar-refractivity contribution is 6.03. The molecule has 0 bridgehead atoms. The Kier molecular flexibility index (Phi) is 3.75. The van der Waals surface area contributed by atoms with Gasteiger partial charge >= 0.3 is 6.18 Å². The number of hydrogen-bond acceptors (Lipinski definition) is 4. The average Bonchev–Trinajstić information content (AvgIpc) is 3.16. The van der Waals surface area contributed by atoms with E-state index in [0.717, 1.165) is 24.3 Å². The van der Waals surface area contributed by atoms with E-state index in [1.54, 1.807) is 0 Å². The third-order valence-electron chi connectivity index (χ3n) is 2.98. The van der Waals surface area contributed by atoms with E-state index in [0.29, 0.717) is 4.68 Å². The van der Waals surface area contributed by atoms with Crippen molar-refractivity contribution in [3.63, 3.8) is 0 Å². The molecule has 0 radical (unpaired) electrons. The number of rotatable bonds is 3. The van der Waals surface area contributed by atoms with Crippen molar-refractivity contribution in [2.24, 2.45) is 0 Å². The summed E-state index contributed by atoms with van der Waals surface area (Å²) in [7, 11) is 0. The third kappa shape index (κ3) is 2.95. The zero-order chi connectivity index (χ0) is 17.3. The van der Waals surface area contributed by atoms with Crippen molar-refractivity contribution < 1.29 is 22.4 Å². The van der Waals surface area contributed by atoms with Crippen LogP contribution in [0.3, 0.4) is 0 Å². The molecule has 0 spiro atoms. The van der Waals surface area contributed by atoms with Gasteiger partial charge in [0.05, 0.1) is 17.6 Å². The van der Waals surface area contributed by atoms with Gasteiger partial charge in [-0.3, -0.25) is 9.89 Å². The third-order valence-corrected chi connectivity index (χ3v) is 2.98. The van der Waals surface area contributed by atoms with Crippen LogP contribution in [0.4, 0.5) is 23.2 Å². The topological polar surface area (TPSA) is 88.5 Å². The number of anilines is 1. The number of carbonyl (C=O) groups is 1. The largest absolute Gasteiger partial charge is 0.435 e. The summed E-state index contributed by atoms with van der Waals surface area (Å²) in [6.07, 6.45) is -2.40. The summed E-state index contributed by atoms with van der Waals surface area (Å²) < 4.78 is 53.5. The standard InChI is InChI=1S/C13H8F4N6O/c14-7-1-3-9(4-2-7)23-11(13(15,16)17)10(21-22-23)12(24)20-8-5-18-19-6-8/h1-6H,(H,18,19)(H,20,24). The number of nitrogens with zero attached hydrogens (tertiary/aromatic N) is 4. The Morgan fingerprint density at radius 2 is 1.92 bits per heavy atom. The van der Waals surface area contributed by atoms with Gasteiger partial charge in [-0.1, -0.05) is 5.21 Å². The first-order valence-corrected chi connectivity index (χ1v) is 6.45. The van der Waals surface area contributed by atoms with Crippen LogP contribution >= 0.6 is 0 Å². The molecule has 3 rings (SSSR count). The fourth-order valence-corrected chi connectivity index (χ4v) is 1.96. The lowest BCUT2D eigenvalue weighted by atomic mass is 10.2. The molecule has 124 valence electrons. The molecule has 0 aliphatic carbocycles. The summed E-state index contributed by atoms with van der Waals surface area (Å²) in [6.45, 7) is 0. The highest BCUT2D eigenvalue weighted by Gasteiger charge is 2.42. The van der Waals surface area contributed by atoms with Gasteiger partial charge in [0.1, 0.15) is 5.82 Å². The Balaban J connectivity index is 2.04. The number of aromatic amines is 1. The zero-order valence-corrected chi connectivity index (χ0v) is 11.7. The Labute approximate surface area is 131 Å². The van der Waals surface area contributed by atoms with E-state index in [1.165, 1.54) is 12.4 Å². The van der Waals surface area contributed by atoms with Crippen LogP contribution in [0.2, 0.25) is 0 Å². The maximum absolute atomic E-state index is 13.4. The van der Waals surface area contributed by atoms with Crippen molar-refractivity contribution >= 4 is 11.6 Å². The van der Waals surface area contributed by atoms with Crippen molar-refractivity contribution in [1.29, 1.82) is 0 Å². The molecule has 0 atom stereocenters. The number of alkyl halides is 3. The minimum atomic E-state index is -4.90. The van der Waals surface area contributed by atoms with Crippen molar-refractivity contribution in [2.45, 2.75) is 6.18 Å². The van der Waals surface area contributed by atoms with E-state index in [2.05, 4.69) is 25.8 Å². The molecule has 3 aromatic rings. The summed E-state index contributed by atoms with van der Waals surface area (Å²) in [5.41, 5.74) is -2.19. The highest BCUT2D eigenvalue weighted by atomic mass is 19.4. The highest BCUT2D eigenvalue weighted by Crippen LogP contribution is 2.33. The molecule has 24 heavy (non-hydrogen) atoms. The van der Waals surface area contributed by atoms with Crippen molar-refractivity contribution in [3.05, 3.63) is 53.9 Å². The fourth-order valence-electron chi connectivity index (χ4n) is 1.96. The van der Waals surface area contributed by atoms with Crippen LogP contribution in [0, 0.1) is 5.82 Å². The first-order chi connectivity index (χ1) is 11.4. The number of benzene rings is 1. The van der Waals surface area contributed by atoms with Gasteiger partial charge < -0.3 is 5.32 Å². The average molecular weight is 340 g/mol. The van der Waals surface area contributed by atoms with E-state index in [9.17, 15) is 22.4 Å². The molecule has 7 nitrogen and oxygen atoms in total. The zero-order valence-electron chi connectivity index (χ0n) is 11.7. The van der Waals surface area contributed by atoms with E-state index >= 15 is 0 Å². The summed E-state index contributed by atoms with van der Waals surface area (Å²) in [4.78, 5) is 12.0. The number of hydrogen-bond donors (Lipinski definition) is 2. The van der Waals surface area contributed by atoms with E-state index in [1.807, 2.05) is 0 Å². The molecule has 2 aromatic heterocycles. The molecule has 1 aromatic carbocycles. The molecule has 1 amide bonds. The summed E-state index contributed by atoms with van der Waals surface area (Å²) in [5, 5.41) is 14.9. The lowest BCUT2D eigenvalue weighted by Crippen LogP contribution is -2.21. The van der Waals surface area contributed by atoms with Gasteiger partial charge in [-0.15, -0.1) is 5.10 Å². The molecule has 2 N–H and O–H groups in total. The molecule has 0 unspecified atom stereocenters. The van der Waals surface area contributed by atoms with Crippen LogP contribution in [-0.4, -0.2) is 31.1 Å². The van der Waals surface area contributed by atoms with Gasteiger partial charge in [0.25, 0.3) is 5.91 Å². The monoisotopic (exact) mass is 340 g/mol. The number of amides is 1. The first-order valence-electron chi connectivity index (χ1n) is 6.45. The Morgan fingerprint density at radius 1 is 1.21 bits per heavy atom. The van der Waals surface area contributed by atoms with E-state index in [-0.39, 0.29) is 11.4 Å². The molecule has 0 aliphatic rings. The van der Waals surface area contributed by atoms with Crippen LogP contribution in [0.5, 0.6) is 0 Å². The van der Waals surface area contributed by atoms with Gasteiger partial charge in [-0.25, -0.2) is 9.07 Å². The fraction of sp³-hybridized carbons (Fsp3) is 0.0769. The number of aromatic nitrogens is 5. The predicted octanol–water partition coefficient (Wildman–Crippen LogP) is 2.40. The second-order valence-electron chi connectivity index (χ2n) is 4.61. The molecule has 0 saturated heterocycles. The summed E-state index contributed by atoms with van der Waals surface area (Å²) >= 11 is 0. The SMILES string of the molecule is O=C(Nc1cn[nH]c1)c1nnn(-c2ccc(F)cc2)c1C(F)(F)F. The summed E-state index contributed by atoms with van der Waals surface area (Å²) in [5.74, 6) is -1.72. The predicted molar refractivity (Wildman–Crippen MR) is 72.9 cm³/mol. The summed E-state index contributed by atoms with van der Waals surface area (Å²) in [6, 6.07) is 4.14. The van der Waals surface area contributed by atoms with E-state index < -0.39 is 29.3 Å². The lowest BCUT2D eigenvalue weighted by Gasteiger charge is -2.11. The lowest BCUT2D eigenvalue weighted by molar-refractivity contribution is -0.143. The van der Waals surface area contributed by atoms with Crippen LogP contribution < -0.4 is 5.32 Å².